The Labute approximate surface area is 104 Å². The highest BCUT2D eigenvalue weighted by Crippen LogP contribution is 2.23. The second-order valence-corrected chi connectivity index (χ2v) is 5.13. The van der Waals surface area contributed by atoms with Gasteiger partial charge in [0.05, 0.1) is 17.6 Å². The van der Waals surface area contributed by atoms with Crippen molar-refractivity contribution in [2.45, 2.75) is 39.2 Å². The number of nitrogens with zero attached hydrogens (tertiary/aromatic N) is 2. The van der Waals surface area contributed by atoms with Crippen LogP contribution in [0.25, 0.3) is 0 Å². The molecule has 0 aromatic carbocycles. The predicted molar refractivity (Wildman–Crippen MR) is 72.1 cm³/mol. The van der Waals surface area contributed by atoms with Gasteiger partial charge in [0.25, 0.3) is 0 Å². The van der Waals surface area contributed by atoms with E-state index in [0.717, 1.165) is 31.1 Å². The Balaban J connectivity index is 2.02. The summed E-state index contributed by atoms with van der Waals surface area (Å²) in [5, 5.41) is 0. The van der Waals surface area contributed by atoms with Crippen LogP contribution in [0.2, 0.25) is 0 Å². The number of aromatic nitrogens is 1. The van der Waals surface area contributed by atoms with Crippen LogP contribution in [0.5, 0.6) is 0 Å². The Kier molecular flexibility index (Phi) is 4.00. The summed E-state index contributed by atoms with van der Waals surface area (Å²) in [7, 11) is 0. The van der Waals surface area contributed by atoms with Gasteiger partial charge in [-0.05, 0) is 37.3 Å². The van der Waals surface area contributed by atoms with Gasteiger partial charge < -0.3 is 10.6 Å². The summed E-state index contributed by atoms with van der Waals surface area (Å²) in [5.41, 5.74) is 8.21. The zero-order chi connectivity index (χ0) is 12.3. The largest absolute Gasteiger partial charge is 0.370 e. The minimum absolute atomic E-state index is 0.0745. The maximum Gasteiger partial charge on any atom is 0.0572 e. The Morgan fingerprint density at radius 1 is 1.41 bits per heavy atom. The van der Waals surface area contributed by atoms with Crippen molar-refractivity contribution in [2.75, 3.05) is 18.0 Å². The van der Waals surface area contributed by atoms with Crippen molar-refractivity contribution in [1.82, 2.24) is 4.98 Å². The van der Waals surface area contributed by atoms with E-state index in [4.69, 9.17) is 5.73 Å². The molecule has 17 heavy (non-hydrogen) atoms. The van der Waals surface area contributed by atoms with Crippen molar-refractivity contribution in [1.29, 1.82) is 0 Å². The molecule has 2 heterocycles. The quantitative estimate of drug-likeness (QED) is 0.873. The monoisotopic (exact) mass is 233 g/mol. The van der Waals surface area contributed by atoms with Gasteiger partial charge in [0.2, 0.25) is 0 Å². The van der Waals surface area contributed by atoms with Crippen molar-refractivity contribution in [2.24, 2.45) is 11.7 Å². The highest BCUT2D eigenvalue weighted by atomic mass is 15.1. The van der Waals surface area contributed by atoms with Crippen LogP contribution in [-0.4, -0.2) is 18.1 Å². The van der Waals surface area contributed by atoms with E-state index >= 15 is 0 Å². The van der Waals surface area contributed by atoms with Gasteiger partial charge in [-0.25, -0.2) is 0 Å². The number of pyridine rings is 1. The second-order valence-electron chi connectivity index (χ2n) is 5.13. The van der Waals surface area contributed by atoms with Crippen molar-refractivity contribution < 1.29 is 0 Å². The molecule has 3 heteroatoms. The molecule has 0 saturated carbocycles. The molecule has 0 radical (unpaired) electrons. The third-order valence-electron chi connectivity index (χ3n) is 3.74. The third-order valence-corrected chi connectivity index (χ3v) is 3.74. The fraction of sp³-hybridized carbons (Fsp3) is 0.643. The summed E-state index contributed by atoms with van der Waals surface area (Å²) < 4.78 is 0. The molecule has 1 aliphatic heterocycles. The molecule has 1 fully saturated rings. The van der Waals surface area contributed by atoms with E-state index in [0.29, 0.717) is 0 Å². The third kappa shape index (κ3) is 2.97. The lowest BCUT2D eigenvalue weighted by Gasteiger charge is -2.32. The van der Waals surface area contributed by atoms with E-state index in [1.54, 1.807) is 0 Å². The number of nitrogens with two attached hydrogens (primary N) is 1. The van der Waals surface area contributed by atoms with Gasteiger partial charge in [-0.3, -0.25) is 4.98 Å². The molecule has 94 valence electrons. The van der Waals surface area contributed by atoms with Crippen LogP contribution in [0.15, 0.2) is 18.3 Å². The molecular weight excluding hydrogens is 210 g/mol. The number of anilines is 1. The molecule has 2 rings (SSSR count). The number of rotatable bonds is 3. The van der Waals surface area contributed by atoms with E-state index in [1.807, 2.05) is 6.20 Å². The number of piperidine rings is 1. The smallest absolute Gasteiger partial charge is 0.0572 e. The highest BCUT2D eigenvalue weighted by Gasteiger charge is 2.16. The van der Waals surface area contributed by atoms with Gasteiger partial charge >= 0.3 is 0 Å². The van der Waals surface area contributed by atoms with E-state index < -0.39 is 0 Å². The molecular formula is C14H23N3. The molecule has 1 aliphatic rings. The average Bonchev–Trinajstić information content (AvgIpc) is 2.39. The first-order chi connectivity index (χ1) is 8.20. The molecule has 0 bridgehead atoms. The average molecular weight is 233 g/mol. The standard InChI is InChI=1S/C14H23N3/c1-3-13(15)14-5-4-12(10-16-14)17-8-6-11(2)7-9-17/h4-5,10-11,13H,3,6-9,15H2,1-2H3. The fourth-order valence-corrected chi connectivity index (χ4v) is 2.28. The molecule has 1 atom stereocenters. The van der Waals surface area contributed by atoms with Crippen LogP contribution in [0.1, 0.15) is 44.8 Å². The first-order valence-corrected chi connectivity index (χ1v) is 6.67. The SMILES string of the molecule is CCC(N)c1ccc(N2CCC(C)CC2)cn1. The zero-order valence-corrected chi connectivity index (χ0v) is 10.9. The summed E-state index contributed by atoms with van der Waals surface area (Å²) in [5.74, 6) is 0.868. The molecule has 1 aromatic rings. The molecule has 0 amide bonds. The summed E-state index contributed by atoms with van der Waals surface area (Å²) in [6, 6.07) is 4.31. The molecule has 0 spiro atoms. The Hall–Kier alpha value is -1.09. The maximum absolute atomic E-state index is 5.96. The first-order valence-electron chi connectivity index (χ1n) is 6.67. The highest BCUT2D eigenvalue weighted by molar-refractivity contribution is 5.45. The summed E-state index contributed by atoms with van der Waals surface area (Å²) in [4.78, 5) is 6.90. The van der Waals surface area contributed by atoms with Crippen molar-refractivity contribution >= 4 is 5.69 Å². The summed E-state index contributed by atoms with van der Waals surface area (Å²) >= 11 is 0. The fourth-order valence-electron chi connectivity index (χ4n) is 2.28. The number of hydrogen-bond donors (Lipinski definition) is 1. The lowest BCUT2D eigenvalue weighted by molar-refractivity contribution is 0.438. The molecule has 3 nitrogen and oxygen atoms in total. The van der Waals surface area contributed by atoms with Gasteiger partial charge in [-0.2, -0.15) is 0 Å². The van der Waals surface area contributed by atoms with Crippen LogP contribution >= 0.6 is 0 Å². The first kappa shape index (κ1) is 12.4. The molecule has 0 aliphatic carbocycles. The molecule has 1 saturated heterocycles. The minimum Gasteiger partial charge on any atom is -0.370 e. The lowest BCUT2D eigenvalue weighted by atomic mass is 9.99. The lowest BCUT2D eigenvalue weighted by Crippen LogP contribution is -2.32. The molecule has 1 unspecified atom stereocenters. The Bertz CT molecular complexity index is 339. The maximum atomic E-state index is 5.96. The topological polar surface area (TPSA) is 42.1 Å². The van der Waals surface area contributed by atoms with Crippen LogP contribution in [0.4, 0.5) is 5.69 Å². The molecule has 2 N–H and O–H groups in total. The van der Waals surface area contributed by atoms with Gasteiger partial charge in [0.15, 0.2) is 0 Å². The Morgan fingerprint density at radius 3 is 2.65 bits per heavy atom. The van der Waals surface area contributed by atoms with E-state index in [9.17, 15) is 0 Å². The van der Waals surface area contributed by atoms with Crippen LogP contribution < -0.4 is 10.6 Å². The van der Waals surface area contributed by atoms with E-state index in [-0.39, 0.29) is 6.04 Å². The van der Waals surface area contributed by atoms with Gasteiger partial charge in [0, 0.05) is 19.1 Å². The van der Waals surface area contributed by atoms with Gasteiger partial charge in [-0.1, -0.05) is 13.8 Å². The Morgan fingerprint density at radius 2 is 2.12 bits per heavy atom. The molecule has 1 aromatic heterocycles. The summed E-state index contributed by atoms with van der Waals surface area (Å²) in [6.45, 7) is 6.73. The van der Waals surface area contributed by atoms with Crippen LogP contribution in [-0.2, 0) is 0 Å². The summed E-state index contributed by atoms with van der Waals surface area (Å²) in [6.07, 6.45) is 5.49. The van der Waals surface area contributed by atoms with Gasteiger partial charge in [0.1, 0.15) is 0 Å². The second kappa shape index (κ2) is 5.50. The predicted octanol–water partition coefficient (Wildman–Crippen LogP) is 2.73. The van der Waals surface area contributed by atoms with Crippen molar-refractivity contribution in [3.05, 3.63) is 24.0 Å². The van der Waals surface area contributed by atoms with Crippen LogP contribution in [0.3, 0.4) is 0 Å². The van der Waals surface area contributed by atoms with Crippen molar-refractivity contribution in [3.63, 3.8) is 0 Å². The zero-order valence-electron chi connectivity index (χ0n) is 10.9. The van der Waals surface area contributed by atoms with Gasteiger partial charge in [-0.15, -0.1) is 0 Å². The normalized spacial score (nSPS) is 19.4. The minimum atomic E-state index is 0.0745. The number of hydrogen-bond acceptors (Lipinski definition) is 3. The van der Waals surface area contributed by atoms with E-state index in [2.05, 4.69) is 35.9 Å². The van der Waals surface area contributed by atoms with Crippen LogP contribution in [0, 0.1) is 5.92 Å². The van der Waals surface area contributed by atoms with E-state index in [1.165, 1.54) is 18.5 Å². The van der Waals surface area contributed by atoms with Crippen molar-refractivity contribution in [3.8, 4) is 0 Å².